The van der Waals surface area contributed by atoms with Crippen LogP contribution >= 0.6 is 0 Å². The highest BCUT2D eigenvalue weighted by Crippen LogP contribution is 2.41. The van der Waals surface area contributed by atoms with Crippen molar-refractivity contribution in [3.05, 3.63) is 59.2 Å². The number of halogens is 1. The first kappa shape index (κ1) is 14.0. The standard InChI is InChI=1S/C15H13FO4/c1-8-7-10(14(17)18)12(15(19)20)11(13(8)16)9-5-3-2-4-6-9/h2-6,11,13H,1,7H2,(H,17,18)(H,19,20). The van der Waals surface area contributed by atoms with Gasteiger partial charge in [0.15, 0.2) is 0 Å². The maximum atomic E-state index is 14.4. The highest BCUT2D eigenvalue weighted by Gasteiger charge is 2.40. The lowest BCUT2D eigenvalue weighted by Crippen LogP contribution is -2.30. The summed E-state index contributed by atoms with van der Waals surface area (Å²) in [6.45, 7) is 3.53. The Morgan fingerprint density at radius 1 is 1.15 bits per heavy atom. The van der Waals surface area contributed by atoms with Crippen LogP contribution in [0.1, 0.15) is 17.9 Å². The number of allylic oxidation sites excluding steroid dienone is 1. The van der Waals surface area contributed by atoms with E-state index < -0.39 is 29.6 Å². The third kappa shape index (κ3) is 2.34. The predicted molar refractivity (Wildman–Crippen MR) is 70.1 cm³/mol. The van der Waals surface area contributed by atoms with Crippen molar-refractivity contribution in [2.24, 2.45) is 0 Å². The van der Waals surface area contributed by atoms with Crippen molar-refractivity contribution < 1.29 is 24.2 Å². The lowest BCUT2D eigenvalue weighted by atomic mass is 9.75. The van der Waals surface area contributed by atoms with Crippen molar-refractivity contribution in [1.82, 2.24) is 0 Å². The van der Waals surface area contributed by atoms with Crippen LogP contribution in [-0.2, 0) is 9.59 Å². The number of carboxylic acid groups (broad SMARTS) is 2. The monoisotopic (exact) mass is 276 g/mol. The van der Waals surface area contributed by atoms with Crippen molar-refractivity contribution in [3.8, 4) is 0 Å². The summed E-state index contributed by atoms with van der Waals surface area (Å²) in [4.78, 5) is 22.6. The number of benzene rings is 1. The molecule has 0 aromatic heterocycles. The largest absolute Gasteiger partial charge is 0.478 e. The van der Waals surface area contributed by atoms with Crippen LogP contribution in [0, 0.1) is 0 Å². The Bertz CT molecular complexity index is 604. The topological polar surface area (TPSA) is 74.6 Å². The predicted octanol–water partition coefficient (Wildman–Crippen LogP) is 2.53. The average Bonchev–Trinajstić information content (AvgIpc) is 2.41. The van der Waals surface area contributed by atoms with Crippen LogP contribution in [0.25, 0.3) is 0 Å². The van der Waals surface area contributed by atoms with Gasteiger partial charge in [0.2, 0.25) is 0 Å². The Kier molecular flexibility index (Phi) is 3.70. The van der Waals surface area contributed by atoms with Gasteiger partial charge in [-0.05, 0) is 11.1 Å². The van der Waals surface area contributed by atoms with E-state index in [1.165, 1.54) is 0 Å². The molecule has 0 heterocycles. The SMILES string of the molecule is C=C1CC(C(=O)O)=C(C(=O)O)C(c2ccccc2)C1F. The molecular weight excluding hydrogens is 263 g/mol. The van der Waals surface area contributed by atoms with Gasteiger partial charge in [-0.3, -0.25) is 0 Å². The molecule has 0 saturated carbocycles. The number of hydrogen-bond acceptors (Lipinski definition) is 2. The van der Waals surface area contributed by atoms with Crippen LogP contribution in [0.3, 0.4) is 0 Å². The van der Waals surface area contributed by atoms with Crippen LogP contribution < -0.4 is 0 Å². The second-order valence-corrected chi connectivity index (χ2v) is 4.63. The van der Waals surface area contributed by atoms with E-state index in [0.717, 1.165) is 0 Å². The van der Waals surface area contributed by atoms with Gasteiger partial charge in [-0.1, -0.05) is 36.9 Å². The minimum Gasteiger partial charge on any atom is -0.478 e. The van der Waals surface area contributed by atoms with Gasteiger partial charge in [0.05, 0.1) is 17.1 Å². The van der Waals surface area contributed by atoms with Gasteiger partial charge in [-0.25, -0.2) is 14.0 Å². The number of hydrogen-bond donors (Lipinski definition) is 2. The molecule has 0 amide bonds. The summed E-state index contributed by atoms with van der Waals surface area (Å²) in [6, 6.07) is 8.19. The van der Waals surface area contributed by atoms with Crippen molar-refractivity contribution in [3.63, 3.8) is 0 Å². The molecule has 0 radical (unpaired) electrons. The van der Waals surface area contributed by atoms with Gasteiger partial charge < -0.3 is 10.2 Å². The first-order chi connectivity index (χ1) is 9.43. The Labute approximate surface area is 114 Å². The molecule has 104 valence electrons. The van der Waals surface area contributed by atoms with Crippen molar-refractivity contribution in [2.45, 2.75) is 18.5 Å². The maximum Gasteiger partial charge on any atom is 0.332 e. The fourth-order valence-electron chi connectivity index (χ4n) is 2.44. The second kappa shape index (κ2) is 5.28. The van der Waals surface area contributed by atoms with E-state index >= 15 is 0 Å². The molecule has 2 N–H and O–H groups in total. The normalized spacial score (nSPS) is 22.8. The van der Waals surface area contributed by atoms with E-state index in [4.69, 9.17) is 5.11 Å². The number of rotatable bonds is 3. The van der Waals surface area contributed by atoms with E-state index in [1.807, 2.05) is 0 Å². The minimum atomic E-state index is -1.61. The summed E-state index contributed by atoms with van der Waals surface area (Å²) in [5.74, 6) is -3.90. The molecule has 4 nitrogen and oxygen atoms in total. The molecule has 1 aliphatic rings. The molecule has 2 unspecified atom stereocenters. The van der Waals surface area contributed by atoms with E-state index in [2.05, 4.69) is 6.58 Å². The summed E-state index contributed by atoms with van der Waals surface area (Å²) in [5, 5.41) is 18.4. The fourth-order valence-corrected chi connectivity index (χ4v) is 2.44. The maximum absolute atomic E-state index is 14.4. The fraction of sp³-hybridized carbons (Fsp3) is 0.200. The van der Waals surface area contributed by atoms with Gasteiger partial charge in [0.25, 0.3) is 0 Å². The van der Waals surface area contributed by atoms with Crippen LogP contribution in [-0.4, -0.2) is 28.3 Å². The van der Waals surface area contributed by atoms with E-state index in [1.54, 1.807) is 30.3 Å². The molecule has 1 aliphatic carbocycles. The molecule has 2 rings (SSSR count). The Balaban J connectivity index is 2.66. The summed E-state index contributed by atoms with van der Waals surface area (Å²) in [6.07, 6.45) is -1.87. The van der Waals surface area contributed by atoms with Gasteiger partial charge >= 0.3 is 11.9 Å². The van der Waals surface area contributed by atoms with Crippen LogP contribution in [0.5, 0.6) is 0 Å². The highest BCUT2D eigenvalue weighted by molar-refractivity contribution is 6.01. The molecule has 2 atom stereocenters. The minimum absolute atomic E-state index is 0.0845. The lowest BCUT2D eigenvalue weighted by Gasteiger charge is -2.30. The Morgan fingerprint density at radius 3 is 2.25 bits per heavy atom. The average molecular weight is 276 g/mol. The molecular formula is C15H13FO4. The van der Waals surface area contributed by atoms with Crippen molar-refractivity contribution in [2.75, 3.05) is 0 Å². The quantitative estimate of drug-likeness (QED) is 0.832. The van der Waals surface area contributed by atoms with Crippen LogP contribution in [0.2, 0.25) is 0 Å². The van der Waals surface area contributed by atoms with Crippen molar-refractivity contribution >= 4 is 11.9 Å². The Morgan fingerprint density at radius 2 is 1.75 bits per heavy atom. The van der Waals surface area contributed by atoms with Crippen molar-refractivity contribution in [1.29, 1.82) is 0 Å². The lowest BCUT2D eigenvalue weighted by molar-refractivity contribution is -0.136. The summed E-state index contributed by atoms with van der Waals surface area (Å²) < 4.78 is 14.4. The van der Waals surface area contributed by atoms with E-state index in [0.29, 0.717) is 5.56 Å². The van der Waals surface area contributed by atoms with Crippen LogP contribution in [0.15, 0.2) is 53.6 Å². The van der Waals surface area contributed by atoms with Gasteiger partial charge in [-0.15, -0.1) is 0 Å². The van der Waals surface area contributed by atoms with Gasteiger partial charge in [-0.2, -0.15) is 0 Å². The van der Waals surface area contributed by atoms with Gasteiger partial charge in [0, 0.05) is 6.42 Å². The first-order valence-electron chi connectivity index (χ1n) is 5.99. The molecule has 20 heavy (non-hydrogen) atoms. The van der Waals surface area contributed by atoms with E-state index in [-0.39, 0.29) is 17.6 Å². The molecule has 0 spiro atoms. The molecule has 0 aliphatic heterocycles. The molecule has 0 fully saturated rings. The molecule has 1 aromatic carbocycles. The third-order valence-corrected chi connectivity index (χ3v) is 3.37. The zero-order valence-corrected chi connectivity index (χ0v) is 10.5. The molecule has 1 aromatic rings. The smallest absolute Gasteiger partial charge is 0.332 e. The van der Waals surface area contributed by atoms with Gasteiger partial charge in [0.1, 0.15) is 6.17 Å². The zero-order valence-electron chi connectivity index (χ0n) is 10.5. The number of carboxylic acids is 2. The number of alkyl halides is 1. The number of aliphatic carboxylic acids is 2. The van der Waals surface area contributed by atoms with Crippen LogP contribution in [0.4, 0.5) is 4.39 Å². The second-order valence-electron chi connectivity index (χ2n) is 4.63. The number of carbonyl (C=O) groups is 2. The molecule has 5 heteroatoms. The molecule has 0 saturated heterocycles. The summed E-state index contributed by atoms with van der Waals surface area (Å²) in [7, 11) is 0. The first-order valence-corrected chi connectivity index (χ1v) is 5.99. The summed E-state index contributed by atoms with van der Waals surface area (Å²) in [5.41, 5.74) is -0.188. The zero-order chi connectivity index (χ0) is 14.9. The Hall–Kier alpha value is -2.43. The molecule has 0 bridgehead atoms. The third-order valence-electron chi connectivity index (χ3n) is 3.37. The summed E-state index contributed by atoms with van der Waals surface area (Å²) >= 11 is 0. The highest BCUT2D eigenvalue weighted by atomic mass is 19.1. The van der Waals surface area contributed by atoms with E-state index in [9.17, 15) is 19.1 Å².